The zero-order valence-electron chi connectivity index (χ0n) is 24.9. The van der Waals surface area contributed by atoms with Gasteiger partial charge in [-0.25, -0.2) is 9.86 Å². The Hall–Kier alpha value is -4.36. The molecule has 234 valence electrons. The van der Waals surface area contributed by atoms with E-state index in [1.807, 2.05) is 30.3 Å². The lowest BCUT2D eigenvalue weighted by molar-refractivity contribution is -0.384. The van der Waals surface area contributed by atoms with E-state index in [9.17, 15) is 34.4 Å². The van der Waals surface area contributed by atoms with Crippen LogP contribution in [0.1, 0.15) is 65.4 Å². The number of nitrogens with zero attached hydrogens (tertiary/aromatic N) is 2. The standard InChI is InChI=1S/C30H39N3O10/c1-22(34)32(41-21-23-11-7-5-8-12-23)18-10-6-9-17-31-26(35)19-30(38,28(37)43-29(2,3)4)20-27(36)42-25-15-13-24(14-16-25)33(39)40/h5,7-8,11-16,38H,6,9-10,17-21H2,1-4H3,(H,31,35). The van der Waals surface area contributed by atoms with Gasteiger partial charge in [0.05, 0.1) is 17.8 Å². The lowest BCUT2D eigenvalue weighted by Gasteiger charge is -2.29. The van der Waals surface area contributed by atoms with E-state index in [1.165, 1.54) is 24.1 Å². The van der Waals surface area contributed by atoms with Crippen LogP contribution in [0.4, 0.5) is 5.69 Å². The monoisotopic (exact) mass is 601 g/mol. The van der Waals surface area contributed by atoms with E-state index in [0.717, 1.165) is 17.7 Å². The zero-order valence-corrected chi connectivity index (χ0v) is 24.9. The molecule has 2 rings (SSSR count). The van der Waals surface area contributed by atoms with Crippen LogP contribution in [0.3, 0.4) is 0 Å². The summed E-state index contributed by atoms with van der Waals surface area (Å²) in [6.07, 6.45) is 0.152. The molecule has 2 N–H and O–H groups in total. The van der Waals surface area contributed by atoms with Crippen molar-refractivity contribution in [1.82, 2.24) is 10.4 Å². The molecule has 0 aliphatic carbocycles. The molecule has 2 amide bonds. The van der Waals surface area contributed by atoms with Gasteiger partial charge in [0.15, 0.2) is 5.60 Å². The lowest BCUT2D eigenvalue weighted by Crippen LogP contribution is -2.49. The Balaban J connectivity index is 1.86. The van der Waals surface area contributed by atoms with E-state index in [1.54, 1.807) is 20.8 Å². The molecule has 13 nitrogen and oxygen atoms in total. The summed E-state index contributed by atoms with van der Waals surface area (Å²) in [5, 5.41) is 25.8. The number of nitrogens with one attached hydrogen (secondary N) is 1. The number of nitro groups is 1. The molecule has 1 atom stereocenters. The number of carbonyl (C=O) groups is 4. The van der Waals surface area contributed by atoms with Gasteiger partial charge in [0.1, 0.15) is 18.0 Å². The lowest BCUT2D eigenvalue weighted by atomic mass is 9.94. The normalized spacial score (nSPS) is 12.5. The van der Waals surface area contributed by atoms with Crippen molar-refractivity contribution in [2.24, 2.45) is 0 Å². The quantitative estimate of drug-likeness (QED) is 0.0950. The highest BCUT2D eigenvalue weighted by molar-refractivity contribution is 5.92. The van der Waals surface area contributed by atoms with E-state index < -0.39 is 46.8 Å². The molecule has 0 aliphatic rings. The summed E-state index contributed by atoms with van der Waals surface area (Å²) in [7, 11) is 0. The number of non-ortho nitro benzene ring substituents is 1. The Kier molecular flexibility index (Phi) is 13.2. The number of carbonyl (C=O) groups excluding carboxylic acids is 4. The van der Waals surface area contributed by atoms with Crippen molar-refractivity contribution >= 4 is 29.4 Å². The van der Waals surface area contributed by atoms with Gasteiger partial charge in [0, 0.05) is 32.1 Å². The summed E-state index contributed by atoms with van der Waals surface area (Å²) in [5.74, 6) is -3.17. The number of rotatable bonds is 16. The number of nitro benzene ring substituents is 1. The van der Waals surface area contributed by atoms with Gasteiger partial charge in [-0.3, -0.25) is 29.3 Å². The van der Waals surface area contributed by atoms with Crippen LogP contribution in [0.2, 0.25) is 0 Å². The van der Waals surface area contributed by atoms with E-state index in [2.05, 4.69) is 5.32 Å². The number of unbranched alkanes of at least 4 members (excludes halogenated alkanes) is 2. The summed E-state index contributed by atoms with van der Waals surface area (Å²) in [6.45, 7) is 6.98. The summed E-state index contributed by atoms with van der Waals surface area (Å²) in [6, 6.07) is 14.1. The number of aliphatic hydroxyl groups is 1. The number of benzene rings is 2. The number of hydrogen-bond acceptors (Lipinski definition) is 10. The van der Waals surface area contributed by atoms with E-state index >= 15 is 0 Å². The molecule has 0 spiro atoms. The van der Waals surface area contributed by atoms with E-state index in [-0.39, 0.29) is 30.5 Å². The van der Waals surface area contributed by atoms with Crippen LogP contribution in [0.5, 0.6) is 5.75 Å². The first-order chi connectivity index (χ1) is 20.2. The molecule has 13 heteroatoms. The fraction of sp³-hybridized carbons (Fsp3) is 0.467. The fourth-order valence-electron chi connectivity index (χ4n) is 3.77. The molecule has 2 aromatic carbocycles. The Labute approximate surface area is 250 Å². The Morgan fingerprint density at radius 2 is 1.60 bits per heavy atom. The Morgan fingerprint density at radius 1 is 0.953 bits per heavy atom. The third kappa shape index (κ3) is 13.0. The highest BCUT2D eigenvalue weighted by atomic mass is 16.7. The molecule has 0 bridgehead atoms. The van der Waals surface area contributed by atoms with Gasteiger partial charge in [-0.05, 0) is 57.7 Å². The minimum atomic E-state index is -2.52. The van der Waals surface area contributed by atoms with Crippen molar-refractivity contribution in [3.63, 3.8) is 0 Å². The minimum absolute atomic E-state index is 0.0413. The van der Waals surface area contributed by atoms with Gasteiger partial charge in [-0.15, -0.1) is 0 Å². The van der Waals surface area contributed by atoms with Crippen LogP contribution in [-0.4, -0.2) is 63.1 Å². The van der Waals surface area contributed by atoms with Crippen LogP contribution in [0, 0.1) is 10.1 Å². The first-order valence-electron chi connectivity index (χ1n) is 13.8. The highest BCUT2D eigenvalue weighted by Crippen LogP contribution is 2.24. The molecule has 0 radical (unpaired) electrons. The van der Waals surface area contributed by atoms with Crippen LogP contribution in [0.15, 0.2) is 54.6 Å². The van der Waals surface area contributed by atoms with Gasteiger partial charge in [0.2, 0.25) is 11.8 Å². The molecule has 0 aliphatic heterocycles. The van der Waals surface area contributed by atoms with Gasteiger partial charge in [-0.2, -0.15) is 0 Å². The highest BCUT2D eigenvalue weighted by Gasteiger charge is 2.44. The molecule has 43 heavy (non-hydrogen) atoms. The van der Waals surface area contributed by atoms with Crippen molar-refractivity contribution < 1.29 is 43.5 Å². The second-order valence-electron chi connectivity index (χ2n) is 10.9. The van der Waals surface area contributed by atoms with E-state index in [4.69, 9.17) is 14.3 Å². The van der Waals surface area contributed by atoms with Crippen molar-refractivity contribution in [2.45, 2.75) is 77.6 Å². The summed E-state index contributed by atoms with van der Waals surface area (Å²) >= 11 is 0. The molecule has 0 saturated carbocycles. The summed E-state index contributed by atoms with van der Waals surface area (Å²) in [5.41, 5.74) is -2.81. The maximum Gasteiger partial charge on any atom is 0.339 e. The number of hydroxylamine groups is 2. The molecular weight excluding hydrogens is 562 g/mol. The Bertz CT molecular complexity index is 1250. The molecule has 2 aromatic rings. The summed E-state index contributed by atoms with van der Waals surface area (Å²) in [4.78, 5) is 65.7. The van der Waals surface area contributed by atoms with Crippen LogP contribution < -0.4 is 10.1 Å². The van der Waals surface area contributed by atoms with Crippen molar-refractivity contribution in [2.75, 3.05) is 13.1 Å². The molecule has 0 fully saturated rings. The second kappa shape index (κ2) is 16.3. The second-order valence-corrected chi connectivity index (χ2v) is 10.9. The van der Waals surface area contributed by atoms with Gasteiger partial charge >= 0.3 is 11.9 Å². The SMILES string of the molecule is CC(=O)N(CCCCCNC(=O)CC(O)(CC(=O)Oc1ccc([N+](=O)[O-])cc1)C(=O)OC(C)(C)C)OCc1ccccc1. The predicted octanol–water partition coefficient (Wildman–Crippen LogP) is 3.62. The average molecular weight is 602 g/mol. The van der Waals surface area contributed by atoms with Gasteiger partial charge in [-0.1, -0.05) is 30.3 Å². The molecule has 0 heterocycles. The van der Waals surface area contributed by atoms with E-state index in [0.29, 0.717) is 25.8 Å². The van der Waals surface area contributed by atoms with Crippen molar-refractivity contribution in [1.29, 1.82) is 0 Å². The maximum atomic E-state index is 12.8. The number of amides is 2. The van der Waals surface area contributed by atoms with Crippen molar-refractivity contribution in [3.8, 4) is 5.75 Å². The number of esters is 2. The fourth-order valence-corrected chi connectivity index (χ4v) is 3.77. The predicted molar refractivity (Wildman–Crippen MR) is 154 cm³/mol. The van der Waals surface area contributed by atoms with Crippen LogP contribution in [-0.2, 0) is 35.4 Å². The Morgan fingerprint density at radius 3 is 2.19 bits per heavy atom. The smallest absolute Gasteiger partial charge is 0.339 e. The first-order valence-corrected chi connectivity index (χ1v) is 13.8. The topological polar surface area (TPSA) is 175 Å². The molecular formula is C30H39N3O10. The van der Waals surface area contributed by atoms with Gasteiger partial charge < -0.3 is 19.9 Å². The number of ether oxygens (including phenoxy) is 2. The minimum Gasteiger partial charge on any atom is -0.458 e. The van der Waals surface area contributed by atoms with Crippen LogP contribution >= 0.6 is 0 Å². The molecule has 1 unspecified atom stereocenters. The third-order valence-corrected chi connectivity index (χ3v) is 5.89. The largest absolute Gasteiger partial charge is 0.458 e. The van der Waals surface area contributed by atoms with Crippen molar-refractivity contribution in [3.05, 3.63) is 70.3 Å². The summed E-state index contributed by atoms with van der Waals surface area (Å²) < 4.78 is 10.4. The molecule has 0 aromatic heterocycles. The van der Waals surface area contributed by atoms with Crippen LogP contribution in [0.25, 0.3) is 0 Å². The average Bonchev–Trinajstić information content (AvgIpc) is 2.91. The van der Waals surface area contributed by atoms with Gasteiger partial charge in [0.25, 0.3) is 5.69 Å². The first kappa shape index (κ1) is 34.8. The number of hydrogen-bond donors (Lipinski definition) is 2. The molecule has 0 saturated heterocycles. The zero-order chi connectivity index (χ0) is 32.0. The third-order valence-electron chi connectivity index (χ3n) is 5.89. The maximum absolute atomic E-state index is 12.8.